The van der Waals surface area contributed by atoms with Gasteiger partial charge in [-0.1, -0.05) is 146 Å². The van der Waals surface area contributed by atoms with E-state index in [0.717, 1.165) is 63.4 Å². The molecule has 0 amide bonds. The number of nitrogens with zero attached hydrogens (tertiary/aromatic N) is 2. The minimum absolute atomic E-state index is 0.0537. The Morgan fingerprint density at radius 2 is 1.33 bits per heavy atom. The maximum Gasteiger partial charge on any atom is 0.179 e. The van der Waals surface area contributed by atoms with Crippen molar-refractivity contribution in [2.24, 2.45) is 5.92 Å². The smallest absolute Gasteiger partial charge is 0.179 e. The minimum Gasteiger partial charge on any atom is -0.456 e. The molecule has 12 rings (SSSR count). The predicted molar refractivity (Wildman–Crippen MR) is 234 cm³/mol. The second-order valence-electron chi connectivity index (χ2n) is 15.6. The molecule has 270 valence electrons. The van der Waals surface area contributed by atoms with Crippen LogP contribution in [0.2, 0.25) is 0 Å². The Hall–Kier alpha value is -7.04. The van der Waals surface area contributed by atoms with Crippen LogP contribution < -0.4 is 0 Å². The van der Waals surface area contributed by atoms with Crippen molar-refractivity contribution in [1.29, 1.82) is 0 Å². The molecule has 0 aliphatic heterocycles. The van der Waals surface area contributed by atoms with Gasteiger partial charge in [0.15, 0.2) is 11.4 Å². The lowest BCUT2D eigenvalue weighted by molar-refractivity contribution is 0.546. The van der Waals surface area contributed by atoms with Crippen molar-refractivity contribution in [2.45, 2.75) is 25.7 Å². The van der Waals surface area contributed by atoms with Crippen molar-refractivity contribution < 1.29 is 8.83 Å². The molecule has 0 saturated heterocycles. The third-order valence-corrected chi connectivity index (χ3v) is 12.3. The zero-order valence-corrected chi connectivity index (χ0v) is 31.4. The van der Waals surface area contributed by atoms with Gasteiger partial charge in [0, 0.05) is 40.0 Å². The second kappa shape index (κ2) is 12.5. The molecule has 7 aromatic carbocycles. The highest BCUT2D eigenvalue weighted by Gasteiger charge is 2.35. The maximum atomic E-state index is 6.81. The molecule has 0 radical (unpaired) electrons. The van der Waals surface area contributed by atoms with E-state index in [9.17, 15) is 0 Å². The highest BCUT2D eigenvalue weighted by Crippen LogP contribution is 2.51. The van der Waals surface area contributed by atoms with Crippen molar-refractivity contribution in [2.75, 3.05) is 0 Å². The van der Waals surface area contributed by atoms with Crippen molar-refractivity contribution in [1.82, 2.24) is 9.97 Å². The Morgan fingerprint density at radius 3 is 2.18 bits per heavy atom. The van der Waals surface area contributed by atoms with E-state index >= 15 is 0 Å². The lowest BCUT2D eigenvalue weighted by atomic mass is 9.71. The van der Waals surface area contributed by atoms with Gasteiger partial charge in [0.1, 0.15) is 28.3 Å². The summed E-state index contributed by atoms with van der Waals surface area (Å²) in [5.41, 5.74) is 11.4. The molecule has 2 unspecified atom stereocenters. The van der Waals surface area contributed by atoms with E-state index in [-0.39, 0.29) is 11.8 Å². The summed E-state index contributed by atoms with van der Waals surface area (Å²) in [6.07, 6.45) is 8.50. The summed E-state index contributed by atoms with van der Waals surface area (Å²) in [5, 5.41) is 8.42. The number of aryl methyl sites for hydroxylation is 1. The average molecular weight is 733 g/mol. The van der Waals surface area contributed by atoms with Gasteiger partial charge in [-0.15, -0.1) is 0 Å². The largest absolute Gasteiger partial charge is 0.456 e. The fraction of sp³-hybridized carbons (Fsp3) is 0.0943. The highest BCUT2D eigenvalue weighted by molar-refractivity contribution is 6.04. The fourth-order valence-corrected chi connectivity index (χ4v) is 9.52. The number of hydrogen-bond acceptors (Lipinski definition) is 4. The molecular weight excluding hydrogens is 697 g/mol. The van der Waals surface area contributed by atoms with Gasteiger partial charge < -0.3 is 8.83 Å². The SMILES string of the molecule is CC1C(c2cccc3ccccc23)=Cc2oc3cc4ccccc4cc3c2C1c1ccc(-c2nc(-c3ccc4ccccc4c3)c3oc4c(c3n2)C=CCC4)cc1. The molecule has 0 spiro atoms. The van der Waals surface area contributed by atoms with Crippen LogP contribution in [-0.4, -0.2) is 9.97 Å². The summed E-state index contributed by atoms with van der Waals surface area (Å²) in [5.74, 6) is 2.82. The fourth-order valence-electron chi connectivity index (χ4n) is 9.52. The average Bonchev–Trinajstić information content (AvgIpc) is 3.82. The minimum atomic E-state index is 0.0537. The first kappa shape index (κ1) is 32.2. The van der Waals surface area contributed by atoms with E-state index in [0.29, 0.717) is 5.82 Å². The Balaban J connectivity index is 1.02. The molecule has 4 nitrogen and oxygen atoms in total. The van der Waals surface area contributed by atoms with Gasteiger partial charge in [-0.2, -0.15) is 0 Å². The Morgan fingerprint density at radius 1 is 0.614 bits per heavy atom. The van der Waals surface area contributed by atoms with Gasteiger partial charge in [0.2, 0.25) is 0 Å². The number of furan rings is 2. The van der Waals surface area contributed by atoms with Gasteiger partial charge in [-0.05, 0) is 85.6 Å². The van der Waals surface area contributed by atoms with Crippen LogP contribution in [0.15, 0.2) is 161 Å². The zero-order valence-electron chi connectivity index (χ0n) is 31.4. The molecule has 4 heteroatoms. The van der Waals surface area contributed by atoms with E-state index in [1.54, 1.807) is 0 Å². The lowest BCUT2D eigenvalue weighted by Gasteiger charge is -2.31. The molecule has 0 N–H and O–H groups in total. The van der Waals surface area contributed by atoms with Crippen LogP contribution >= 0.6 is 0 Å². The number of rotatable bonds is 4. The second-order valence-corrected chi connectivity index (χ2v) is 15.6. The van der Waals surface area contributed by atoms with Gasteiger partial charge in [0.25, 0.3) is 0 Å². The van der Waals surface area contributed by atoms with Gasteiger partial charge in [0.05, 0.1) is 0 Å². The van der Waals surface area contributed by atoms with E-state index in [1.165, 1.54) is 60.0 Å². The first-order valence-corrected chi connectivity index (χ1v) is 19.9. The third-order valence-electron chi connectivity index (χ3n) is 12.3. The van der Waals surface area contributed by atoms with Crippen LogP contribution in [0.4, 0.5) is 0 Å². The number of aromatic nitrogens is 2. The zero-order chi connectivity index (χ0) is 37.6. The van der Waals surface area contributed by atoms with E-state index < -0.39 is 0 Å². The van der Waals surface area contributed by atoms with Crippen LogP contribution in [0.25, 0.3) is 94.8 Å². The summed E-state index contributed by atoms with van der Waals surface area (Å²) in [6.45, 7) is 2.37. The molecule has 2 aliphatic carbocycles. The number of allylic oxidation sites excluding steroid dienone is 2. The maximum absolute atomic E-state index is 6.81. The van der Waals surface area contributed by atoms with Crippen molar-refractivity contribution >= 4 is 72.1 Å². The standard InChI is InChI=1S/C53H36N2O2/c1-31-43(41-19-10-16-33-12-6-7-17-40(33)41)30-47-49(44-28-37-14-4-5-15-38(37)29-46(44)56-47)48(31)34-22-24-35(25-23-34)53-54-50(39-26-21-32-11-2-3-13-36(32)27-39)52-51(55-53)42-18-8-9-20-45(42)57-52/h2-8,10-19,21-31,48H,9,20H2,1H3. The van der Waals surface area contributed by atoms with Crippen molar-refractivity contribution in [3.63, 3.8) is 0 Å². The lowest BCUT2D eigenvalue weighted by Crippen LogP contribution is -2.17. The summed E-state index contributed by atoms with van der Waals surface area (Å²) < 4.78 is 13.4. The summed E-state index contributed by atoms with van der Waals surface area (Å²) >= 11 is 0. The molecule has 2 atom stereocenters. The summed E-state index contributed by atoms with van der Waals surface area (Å²) in [4.78, 5) is 10.5. The van der Waals surface area contributed by atoms with Gasteiger partial charge in [-0.3, -0.25) is 0 Å². The number of benzene rings is 7. The Labute approximate surface area is 329 Å². The normalized spacial score (nSPS) is 16.4. The van der Waals surface area contributed by atoms with Crippen LogP contribution in [0.5, 0.6) is 0 Å². The number of hydrogen-bond donors (Lipinski definition) is 0. The van der Waals surface area contributed by atoms with E-state index in [4.69, 9.17) is 18.8 Å². The molecular formula is C53H36N2O2. The Kier molecular flexibility index (Phi) is 7.06. The van der Waals surface area contributed by atoms with Crippen LogP contribution in [0.1, 0.15) is 53.0 Å². The molecule has 0 saturated carbocycles. The van der Waals surface area contributed by atoms with Crippen molar-refractivity contribution in [3.8, 4) is 22.6 Å². The molecule has 2 aliphatic rings. The molecule has 10 aromatic rings. The van der Waals surface area contributed by atoms with Gasteiger partial charge >= 0.3 is 0 Å². The highest BCUT2D eigenvalue weighted by atomic mass is 16.3. The summed E-state index contributed by atoms with van der Waals surface area (Å²) in [6, 6.07) is 52.3. The first-order chi connectivity index (χ1) is 28.1. The predicted octanol–water partition coefficient (Wildman–Crippen LogP) is 14.0. The van der Waals surface area contributed by atoms with E-state index in [2.05, 4.69) is 171 Å². The third kappa shape index (κ3) is 5.07. The van der Waals surface area contributed by atoms with Gasteiger partial charge in [-0.25, -0.2) is 9.97 Å². The number of fused-ring (bicyclic) bond motifs is 9. The molecule has 0 bridgehead atoms. The van der Waals surface area contributed by atoms with Crippen LogP contribution in [-0.2, 0) is 6.42 Å². The topological polar surface area (TPSA) is 52.1 Å². The monoisotopic (exact) mass is 732 g/mol. The molecule has 3 aromatic heterocycles. The van der Waals surface area contributed by atoms with E-state index in [1.807, 2.05) is 0 Å². The Bertz CT molecular complexity index is 3320. The first-order valence-electron chi connectivity index (χ1n) is 19.9. The molecule has 57 heavy (non-hydrogen) atoms. The quantitative estimate of drug-likeness (QED) is 0.181. The molecule has 3 heterocycles. The van der Waals surface area contributed by atoms with Crippen molar-refractivity contribution in [3.05, 3.63) is 185 Å². The van der Waals surface area contributed by atoms with Crippen LogP contribution in [0, 0.1) is 5.92 Å². The summed E-state index contributed by atoms with van der Waals surface area (Å²) in [7, 11) is 0. The van der Waals surface area contributed by atoms with Crippen LogP contribution in [0.3, 0.4) is 0 Å². The molecule has 0 fully saturated rings.